The maximum atomic E-state index is 12.4. The fraction of sp³-hybridized carbons (Fsp3) is 0.222. The van der Waals surface area contributed by atoms with E-state index >= 15 is 0 Å². The lowest BCUT2D eigenvalue weighted by atomic mass is 10.0. The molecule has 3 N–H and O–H groups in total. The molecule has 24 heavy (non-hydrogen) atoms. The third kappa shape index (κ3) is 3.58. The molecule has 1 heterocycles. The van der Waals surface area contributed by atoms with Crippen LogP contribution in [0.3, 0.4) is 0 Å². The number of carbonyl (C=O) groups is 1. The van der Waals surface area contributed by atoms with Gasteiger partial charge in [0, 0.05) is 13.5 Å². The van der Waals surface area contributed by atoms with Gasteiger partial charge in [-0.25, -0.2) is 4.98 Å². The van der Waals surface area contributed by atoms with Crippen molar-refractivity contribution in [2.45, 2.75) is 19.9 Å². The van der Waals surface area contributed by atoms with Gasteiger partial charge in [-0.1, -0.05) is 36.4 Å². The fourth-order valence-corrected chi connectivity index (χ4v) is 2.67. The van der Waals surface area contributed by atoms with E-state index in [4.69, 9.17) is 10.2 Å². The molecule has 1 atom stereocenters. The molecule has 0 saturated heterocycles. The van der Waals surface area contributed by atoms with E-state index in [0.717, 1.165) is 16.3 Å². The average molecular weight is 346 g/mol. The van der Waals surface area contributed by atoms with Gasteiger partial charge in [0.15, 0.2) is 5.89 Å². The quantitative estimate of drug-likeness (QED) is 0.760. The predicted octanol–water partition coefficient (Wildman–Crippen LogP) is 3.30. The Bertz CT molecular complexity index is 860. The van der Waals surface area contributed by atoms with Gasteiger partial charge in [-0.3, -0.25) is 4.79 Å². The molecule has 0 aliphatic carbocycles. The van der Waals surface area contributed by atoms with Crippen molar-refractivity contribution in [1.82, 2.24) is 10.3 Å². The molecule has 0 unspecified atom stereocenters. The Morgan fingerprint density at radius 2 is 1.92 bits per heavy atom. The van der Waals surface area contributed by atoms with E-state index in [1.165, 1.54) is 0 Å². The number of carbonyl (C=O) groups excluding carboxylic acids is 1. The van der Waals surface area contributed by atoms with Crippen molar-refractivity contribution >= 4 is 29.1 Å². The summed E-state index contributed by atoms with van der Waals surface area (Å²) in [6, 6.07) is 13.9. The van der Waals surface area contributed by atoms with Gasteiger partial charge in [-0.2, -0.15) is 0 Å². The van der Waals surface area contributed by atoms with Gasteiger partial charge < -0.3 is 15.5 Å². The minimum atomic E-state index is -0.299. The molecular weight excluding hydrogens is 326 g/mol. The highest BCUT2D eigenvalue weighted by atomic mass is 35.5. The van der Waals surface area contributed by atoms with E-state index in [1.807, 2.05) is 36.4 Å². The lowest BCUT2D eigenvalue weighted by molar-refractivity contribution is 0.0907. The summed E-state index contributed by atoms with van der Waals surface area (Å²) >= 11 is 0. The Hall–Kier alpha value is -2.37. The number of nitrogens with two attached hydrogens (primary N) is 1. The Morgan fingerprint density at radius 1 is 1.21 bits per heavy atom. The van der Waals surface area contributed by atoms with Crippen LogP contribution >= 0.6 is 12.4 Å². The van der Waals surface area contributed by atoms with Crippen molar-refractivity contribution < 1.29 is 9.21 Å². The first-order chi connectivity index (χ1) is 11.1. The van der Waals surface area contributed by atoms with Crippen LogP contribution in [-0.4, -0.2) is 17.4 Å². The second-order valence-corrected chi connectivity index (χ2v) is 5.52. The standard InChI is InChI=1S/C18H19N3O2.ClH/c1-11-17(23-12(2)20-11)18(22)21-16(10-19)15-8-7-13-5-3-4-6-14(13)9-15;/h3-9,16H,10,19H2,1-2H3,(H,21,22);1H/t16-;/m0./s1. The molecule has 1 aromatic heterocycles. The van der Waals surface area contributed by atoms with Crippen LogP contribution in [-0.2, 0) is 0 Å². The van der Waals surface area contributed by atoms with E-state index in [1.54, 1.807) is 13.8 Å². The second-order valence-electron chi connectivity index (χ2n) is 5.52. The van der Waals surface area contributed by atoms with Crippen LogP contribution in [0.4, 0.5) is 0 Å². The Labute approximate surface area is 146 Å². The molecule has 3 rings (SSSR count). The largest absolute Gasteiger partial charge is 0.436 e. The first-order valence-electron chi connectivity index (χ1n) is 7.52. The average Bonchev–Trinajstić information content (AvgIpc) is 2.90. The summed E-state index contributed by atoms with van der Waals surface area (Å²) in [7, 11) is 0. The van der Waals surface area contributed by atoms with Crippen LogP contribution in [0.15, 0.2) is 46.9 Å². The van der Waals surface area contributed by atoms with Crippen LogP contribution in [0.1, 0.15) is 33.7 Å². The zero-order valence-corrected chi connectivity index (χ0v) is 14.4. The van der Waals surface area contributed by atoms with Crippen molar-refractivity contribution in [3.8, 4) is 0 Å². The molecule has 0 radical (unpaired) electrons. The number of aryl methyl sites for hydroxylation is 2. The molecule has 3 aromatic rings. The minimum absolute atomic E-state index is 0. The first kappa shape index (κ1) is 18.0. The summed E-state index contributed by atoms with van der Waals surface area (Å²) in [5.41, 5.74) is 7.40. The number of fused-ring (bicyclic) bond motifs is 1. The summed E-state index contributed by atoms with van der Waals surface area (Å²) in [4.78, 5) is 16.5. The maximum absolute atomic E-state index is 12.4. The van der Waals surface area contributed by atoms with Gasteiger partial charge in [0.1, 0.15) is 0 Å². The number of amides is 1. The summed E-state index contributed by atoms with van der Waals surface area (Å²) in [6.07, 6.45) is 0. The van der Waals surface area contributed by atoms with Crippen molar-refractivity contribution in [1.29, 1.82) is 0 Å². The molecule has 0 bridgehead atoms. The van der Waals surface area contributed by atoms with E-state index in [-0.39, 0.29) is 30.1 Å². The van der Waals surface area contributed by atoms with E-state index in [0.29, 0.717) is 18.1 Å². The van der Waals surface area contributed by atoms with Crippen molar-refractivity contribution in [2.75, 3.05) is 6.54 Å². The number of rotatable bonds is 4. The molecular formula is C18H20ClN3O2. The normalized spacial score (nSPS) is 11.8. The van der Waals surface area contributed by atoms with Gasteiger partial charge >= 0.3 is 0 Å². The lowest BCUT2D eigenvalue weighted by Crippen LogP contribution is -2.33. The van der Waals surface area contributed by atoms with Crippen LogP contribution in [0, 0.1) is 13.8 Å². The molecule has 126 valence electrons. The Kier molecular flexibility index (Phi) is 5.59. The molecule has 0 aliphatic rings. The van der Waals surface area contributed by atoms with Crippen LogP contribution in [0.25, 0.3) is 10.8 Å². The summed E-state index contributed by atoms with van der Waals surface area (Å²) in [5.74, 6) is 0.413. The summed E-state index contributed by atoms with van der Waals surface area (Å²) in [5, 5.41) is 5.19. The lowest BCUT2D eigenvalue weighted by Gasteiger charge is -2.17. The SMILES string of the molecule is Cc1nc(C)c(C(=O)N[C@@H](CN)c2ccc3ccccc3c2)o1.Cl. The molecule has 1 amide bonds. The second kappa shape index (κ2) is 7.47. The van der Waals surface area contributed by atoms with E-state index in [9.17, 15) is 4.79 Å². The Morgan fingerprint density at radius 3 is 2.54 bits per heavy atom. The molecule has 0 aliphatic heterocycles. The van der Waals surface area contributed by atoms with Gasteiger partial charge in [-0.05, 0) is 29.3 Å². The number of nitrogens with zero attached hydrogens (tertiary/aromatic N) is 1. The molecule has 5 nitrogen and oxygen atoms in total. The van der Waals surface area contributed by atoms with Gasteiger partial charge in [-0.15, -0.1) is 12.4 Å². The van der Waals surface area contributed by atoms with Gasteiger partial charge in [0.05, 0.1) is 11.7 Å². The van der Waals surface area contributed by atoms with Crippen LogP contribution in [0.5, 0.6) is 0 Å². The van der Waals surface area contributed by atoms with Crippen molar-refractivity contribution in [2.24, 2.45) is 5.73 Å². The predicted molar refractivity (Wildman–Crippen MR) is 96.4 cm³/mol. The molecule has 2 aromatic carbocycles. The van der Waals surface area contributed by atoms with Gasteiger partial charge in [0.2, 0.25) is 5.76 Å². The number of hydrogen-bond donors (Lipinski definition) is 2. The molecule has 6 heteroatoms. The fourth-order valence-electron chi connectivity index (χ4n) is 2.67. The topological polar surface area (TPSA) is 81.2 Å². The number of halogens is 1. The Balaban J connectivity index is 0.00000208. The summed E-state index contributed by atoms with van der Waals surface area (Å²) in [6.45, 7) is 3.77. The highest BCUT2D eigenvalue weighted by Gasteiger charge is 2.20. The third-order valence-electron chi connectivity index (χ3n) is 3.83. The zero-order chi connectivity index (χ0) is 16.4. The molecule has 0 saturated carbocycles. The molecule has 0 fully saturated rings. The molecule has 0 spiro atoms. The van der Waals surface area contributed by atoms with E-state index < -0.39 is 0 Å². The summed E-state index contributed by atoms with van der Waals surface area (Å²) < 4.78 is 5.36. The number of hydrogen-bond acceptors (Lipinski definition) is 4. The van der Waals surface area contributed by atoms with Crippen molar-refractivity contribution in [3.05, 3.63) is 65.4 Å². The monoisotopic (exact) mass is 345 g/mol. The van der Waals surface area contributed by atoms with E-state index in [2.05, 4.69) is 16.4 Å². The minimum Gasteiger partial charge on any atom is -0.436 e. The number of aromatic nitrogens is 1. The number of benzene rings is 2. The first-order valence-corrected chi connectivity index (χ1v) is 7.52. The third-order valence-corrected chi connectivity index (χ3v) is 3.83. The van der Waals surface area contributed by atoms with Crippen molar-refractivity contribution in [3.63, 3.8) is 0 Å². The highest BCUT2D eigenvalue weighted by molar-refractivity contribution is 5.93. The number of nitrogens with one attached hydrogen (secondary N) is 1. The zero-order valence-electron chi connectivity index (χ0n) is 13.6. The maximum Gasteiger partial charge on any atom is 0.289 e. The van der Waals surface area contributed by atoms with Crippen LogP contribution < -0.4 is 11.1 Å². The highest BCUT2D eigenvalue weighted by Crippen LogP contribution is 2.21. The van der Waals surface area contributed by atoms with Gasteiger partial charge in [0.25, 0.3) is 5.91 Å². The smallest absolute Gasteiger partial charge is 0.289 e. The number of oxazole rings is 1. The van der Waals surface area contributed by atoms with Crippen LogP contribution in [0.2, 0.25) is 0 Å².